The highest BCUT2D eigenvalue weighted by Crippen LogP contribution is 2.33. The van der Waals surface area contributed by atoms with Gasteiger partial charge in [-0.1, -0.05) is 5.10 Å². The van der Waals surface area contributed by atoms with E-state index in [4.69, 9.17) is 25.5 Å². The number of aromatic nitrogens is 2. The van der Waals surface area contributed by atoms with Crippen molar-refractivity contribution in [2.75, 3.05) is 24.4 Å². The summed E-state index contributed by atoms with van der Waals surface area (Å²) in [5.41, 5.74) is 0.807. The van der Waals surface area contributed by atoms with E-state index in [-0.39, 0.29) is 0 Å². The lowest BCUT2D eigenvalue weighted by molar-refractivity contribution is 0.171. The Kier molecular flexibility index (Phi) is 3.92. The molecule has 0 unspecified atom stereocenters. The number of fused-ring (bicyclic) bond motifs is 1. The van der Waals surface area contributed by atoms with Crippen LogP contribution in [0.25, 0.3) is 0 Å². The minimum atomic E-state index is 0.353. The molecule has 1 aromatic carbocycles. The Hall–Kier alpha value is -1.95. The van der Waals surface area contributed by atoms with Crippen LogP contribution < -0.4 is 14.8 Å². The lowest BCUT2D eigenvalue weighted by atomic mass is 10.2. The zero-order chi connectivity index (χ0) is 13.8. The molecule has 2 aromatic rings. The maximum atomic E-state index is 5.62. The molecular formula is C13H14ClN3O3. The molecule has 106 valence electrons. The van der Waals surface area contributed by atoms with Gasteiger partial charge in [-0.25, -0.2) is 0 Å². The van der Waals surface area contributed by atoms with Crippen LogP contribution in [0.5, 0.6) is 11.5 Å². The van der Waals surface area contributed by atoms with Crippen molar-refractivity contribution in [2.24, 2.45) is 0 Å². The number of anilines is 2. The van der Waals surface area contributed by atoms with Gasteiger partial charge in [0.05, 0.1) is 0 Å². The van der Waals surface area contributed by atoms with Crippen LogP contribution in [0.2, 0.25) is 0 Å². The molecule has 2 heterocycles. The number of nitrogens with zero attached hydrogens (tertiary/aromatic N) is 2. The summed E-state index contributed by atoms with van der Waals surface area (Å²) in [6, 6.07) is 5.92. The van der Waals surface area contributed by atoms with Crippen molar-refractivity contribution in [1.29, 1.82) is 0 Å². The van der Waals surface area contributed by atoms with Crippen molar-refractivity contribution in [1.82, 2.24) is 10.2 Å². The van der Waals surface area contributed by atoms with Crippen molar-refractivity contribution in [2.45, 2.75) is 12.8 Å². The third kappa shape index (κ3) is 2.96. The maximum absolute atomic E-state index is 5.62. The zero-order valence-corrected chi connectivity index (χ0v) is 11.5. The summed E-state index contributed by atoms with van der Waals surface area (Å²) < 4.78 is 16.4. The average Bonchev–Trinajstić information content (AvgIpc) is 2.92. The van der Waals surface area contributed by atoms with Gasteiger partial charge in [-0.15, -0.1) is 16.7 Å². The molecule has 0 atom stereocenters. The van der Waals surface area contributed by atoms with E-state index in [1.54, 1.807) is 0 Å². The highest BCUT2D eigenvalue weighted by Gasteiger charge is 2.13. The standard InChI is InChI=1S/C13H14ClN3O3/c14-5-1-2-12-16-17-13(20-12)15-9-3-4-10-11(8-9)19-7-6-18-10/h3-4,8H,1-2,5-7H2,(H,15,17). The van der Waals surface area contributed by atoms with Gasteiger partial charge < -0.3 is 19.2 Å². The van der Waals surface area contributed by atoms with Crippen molar-refractivity contribution >= 4 is 23.3 Å². The zero-order valence-electron chi connectivity index (χ0n) is 10.8. The van der Waals surface area contributed by atoms with Gasteiger partial charge in [-0.3, -0.25) is 0 Å². The summed E-state index contributed by atoms with van der Waals surface area (Å²) in [6.07, 6.45) is 1.49. The molecule has 0 aliphatic carbocycles. The monoisotopic (exact) mass is 295 g/mol. The molecule has 1 aliphatic rings. The van der Waals surface area contributed by atoms with E-state index in [1.165, 1.54) is 0 Å². The lowest BCUT2D eigenvalue weighted by Gasteiger charge is -2.18. The van der Waals surface area contributed by atoms with Crippen LogP contribution in [0, 0.1) is 0 Å². The number of ether oxygens (including phenoxy) is 2. The summed E-state index contributed by atoms with van der Waals surface area (Å²) in [4.78, 5) is 0. The summed E-state index contributed by atoms with van der Waals surface area (Å²) in [5, 5.41) is 10.9. The average molecular weight is 296 g/mol. The Bertz CT molecular complexity index is 588. The number of alkyl halides is 1. The van der Waals surface area contributed by atoms with Crippen LogP contribution in [0.15, 0.2) is 22.6 Å². The number of nitrogens with one attached hydrogen (secondary N) is 1. The SMILES string of the molecule is ClCCCc1nnc(Nc2ccc3c(c2)OCCO3)o1. The minimum Gasteiger partial charge on any atom is -0.486 e. The predicted molar refractivity (Wildman–Crippen MR) is 74.1 cm³/mol. The van der Waals surface area contributed by atoms with Gasteiger partial charge in [0, 0.05) is 24.1 Å². The summed E-state index contributed by atoms with van der Waals surface area (Å²) in [6.45, 7) is 1.13. The van der Waals surface area contributed by atoms with Gasteiger partial charge in [0.2, 0.25) is 5.89 Å². The smallest absolute Gasteiger partial charge is 0.320 e. The maximum Gasteiger partial charge on any atom is 0.320 e. The molecule has 1 N–H and O–H groups in total. The van der Waals surface area contributed by atoms with Gasteiger partial charge in [-0.2, -0.15) is 0 Å². The number of aryl methyl sites for hydroxylation is 1. The van der Waals surface area contributed by atoms with Crippen molar-refractivity contribution in [3.8, 4) is 11.5 Å². The Morgan fingerprint density at radius 1 is 1.15 bits per heavy atom. The summed E-state index contributed by atoms with van der Waals surface area (Å²) >= 11 is 5.62. The quantitative estimate of drug-likeness (QED) is 0.855. The molecule has 0 saturated heterocycles. The molecule has 0 radical (unpaired) electrons. The van der Waals surface area contributed by atoms with Crippen LogP contribution in [0.1, 0.15) is 12.3 Å². The fraction of sp³-hybridized carbons (Fsp3) is 0.385. The van der Waals surface area contributed by atoms with E-state index in [1.807, 2.05) is 18.2 Å². The van der Waals surface area contributed by atoms with E-state index in [2.05, 4.69) is 15.5 Å². The molecule has 0 amide bonds. The molecule has 0 spiro atoms. The Morgan fingerprint density at radius 3 is 2.85 bits per heavy atom. The Balaban J connectivity index is 1.69. The topological polar surface area (TPSA) is 69.4 Å². The molecule has 0 fully saturated rings. The summed E-state index contributed by atoms with van der Waals surface area (Å²) in [7, 11) is 0. The van der Waals surface area contributed by atoms with Crippen LogP contribution in [0.4, 0.5) is 11.7 Å². The van der Waals surface area contributed by atoms with Crippen molar-refractivity contribution in [3.63, 3.8) is 0 Å². The first kappa shape index (κ1) is 13.1. The van der Waals surface area contributed by atoms with E-state index < -0.39 is 0 Å². The molecule has 7 heteroatoms. The third-order valence-electron chi connectivity index (χ3n) is 2.78. The third-order valence-corrected chi connectivity index (χ3v) is 3.05. The molecule has 6 nitrogen and oxygen atoms in total. The normalized spacial score (nSPS) is 13.2. The van der Waals surface area contributed by atoms with E-state index >= 15 is 0 Å². The van der Waals surface area contributed by atoms with Crippen molar-refractivity contribution in [3.05, 3.63) is 24.1 Å². The predicted octanol–water partition coefficient (Wildman–Crippen LogP) is 2.76. The first-order valence-corrected chi connectivity index (χ1v) is 6.93. The Morgan fingerprint density at radius 2 is 2.00 bits per heavy atom. The van der Waals surface area contributed by atoms with E-state index in [0.29, 0.717) is 43.2 Å². The molecule has 1 aliphatic heterocycles. The molecule has 0 bridgehead atoms. The first-order valence-electron chi connectivity index (χ1n) is 6.40. The second kappa shape index (κ2) is 6.00. The van der Waals surface area contributed by atoms with E-state index in [9.17, 15) is 0 Å². The number of hydrogen-bond acceptors (Lipinski definition) is 6. The van der Waals surface area contributed by atoms with Gasteiger partial charge in [0.1, 0.15) is 13.2 Å². The number of hydrogen-bond donors (Lipinski definition) is 1. The highest BCUT2D eigenvalue weighted by molar-refractivity contribution is 6.17. The van der Waals surface area contributed by atoms with Gasteiger partial charge in [0.25, 0.3) is 0 Å². The molecule has 1 aromatic heterocycles. The number of halogens is 1. The van der Waals surface area contributed by atoms with Gasteiger partial charge in [0.15, 0.2) is 11.5 Å². The highest BCUT2D eigenvalue weighted by atomic mass is 35.5. The molecule has 0 saturated carbocycles. The van der Waals surface area contributed by atoms with Crippen LogP contribution >= 0.6 is 11.6 Å². The van der Waals surface area contributed by atoms with Crippen LogP contribution in [0.3, 0.4) is 0 Å². The summed E-state index contributed by atoms with van der Waals surface area (Å²) in [5.74, 6) is 2.61. The Labute approximate surface area is 121 Å². The first-order chi connectivity index (χ1) is 9.85. The van der Waals surface area contributed by atoms with Gasteiger partial charge in [-0.05, 0) is 18.6 Å². The second-order valence-corrected chi connectivity index (χ2v) is 4.65. The largest absolute Gasteiger partial charge is 0.486 e. The van der Waals surface area contributed by atoms with Gasteiger partial charge >= 0.3 is 6.01 Å². The molecule has 20 heavy (non-hydrogen) atoms. The number of rotatable bonds is 5. The van der Waals surface area contributed by atoms with Crippen molar-refractivity contribution < 1.29 is 13.9 Å². The fourth-order valence-corrected chi connectivity index (χ4v) is 2.00. The number of benzene rings is 1. The molecule has 3 rings (SSSR count). The van der Waals surface area contributed by atoms with E-state index in [0.717, 1.165) is 17.9 Å². The fourth-order valence-electron chi connectivity index (χ4n) is 1.87. The second-order valence-electron chi connectivity index (χ2n) is 4.28. The van der Waals surface area contributed by atoms with Crippen LogP contribution in [-0.2, 0) is 6.42 Å². The molecular weight excluding hydrogens is 282 g/mol. The lowest BCUT2D eigenvalue weighted by Crippen LogP contribution is -2.15. The van der Waals surface area contributed by atoms with Crippen LogP contribution in [-0.4, -0.2) is 29.3 Å². The minimum absolute atomic E-state index is 0.353.